The first-order valence-electron chi connectivity index (χ1n) is 4.61. The summed E-state index contributed by atoms with van der Waals surface area (Å²) in [7, 11) is 0. The fraction of sp³-hybridized carbons (Fsp3) is 0.300. The van der Waals surface area contributed by atoms with E-state index < -0.39 is 0 Å². The molecule has 3 nitrogen and oxygen atoms in total. The molecule has 0 saturated carbocycles. The first-order valence-corrected chi connectivity index (χ1v) is 5.60. The summed E-state index contributed by atoms with van der Waals surface area (Å²) in [5.74, 6) is 1.13. The summed E-state index contributed by atoms with van der Waals surface area (Å²) >= 11 is 1.80. The molecule has 0 fully saturated rings. The van der Waals surface area contributed by atoms with Crippen molar-refractivity contribution in [3.05, 3.63) is 23.8 Å². The number of aliphatic hydroxyl groups is 1. The van der Waals surface area contributed by atoms with Crippen LogP contribution in [0.4, 0.5) is 0 Å². The molecule has 14 heavy (non-hydrogen) atoms. The lowest BCUT2D eigenvalue weighted by molar-refractivity contribution is 0.282. The van der Waals surface area contributed by atoms with E-state index in [4.69, 9.17) is 5.11 Å². The van der Waals surface area contributed by atoms with Gasteiger partial charge in [-0.3, -0.25) is 0 Å². The summed E-state index contributed by atoms with van der Waals surface area (Å²) in [6.45, 7) is 1.14. The zero-order valence-corrected chi connectivity index (χ0v) is 8.42. The molecule has 0 unspecified atom stereocenters. The van der Waals surface area contributed by atoms with E-state index in [-0.39, 0.29) is 6.61 Å². The van der Waals surface area contributed by atoms with Crippen LogP contribution in [0.3, 0.4) is 0 Å². The van der Waals surface area contributed by atoms with Crippen LogP contribution in [0, 0.1) is 0 Å². The summed E-state index contributed by atoms with van der Waals surface area (Å²) < 4.78 is 2.24. The highest BCUT2D eigenvalue weighted by Crippen LogP contribution is 2.29. The highest BCUT2D eigenvalue weighted by atomic mass is 32.2. The maximum absolute atomic E-state index is 9.00. The van der Waals surface area contributed by atoms with Crippen LogP contribution in [-0.2, 0) is 13.2 Å². The first kappa shape index (κ1) is 8.32. The van der Waals surface area contributed by atoms with Crippen molar-refractivity contribution in [2.24, 2.45) is 0 Å². The predicted octanol–water partition coefficient (Wildman–Crippen LogP) is 1.63. The Hall–Kier alpha value is -1.000. The van der Waals surface area contributed by atoms with Crippen molar-refractivity contribution in [3.8, 4) is 0 Å². The van der Waals surface area contributed by atoms with Crippen LogP contribution < -0.4 is 0 Å². The van der Waals surface area contributed by atoms with Crippen molar-refractivity contribution in [2.45, 2.75) is 18.3 Å². The number of rotatable bonds is 1. The SMILES string of the molecule is OCc1ccc2c(c1)nc1n2CCS1. The Balaban J connectivity index is 2.27. The van der Waals surface area contributed by atoms with Gasteiger partial charge in [0, 0.05) is 12.3 Å². The van der Waals surface area contributed by atoms with E-state index in [1.165, 1.54) is 5.52 Å². The molecule has 0 aliphatic carbocycles. The molecule has 0 amide bonds. The maximum atomic E-state index is 9.00. The summed E-state index contributed by atoms with van der Waals surface area (Å²) in [6.07, 6.45) is 0. The van der Waals surface area contributed by atoms with Crippen LogP contribution in [-0.4, -0.2) is 20.4 Å². The second-order valence-corrected chi connectivity index (χ2v) is 4.44. The largest absolute Gasteiger partial charge is 0.392 e. The van der Waals surface area contributed by atoms with Crippen molar-refractivity contribution in [2.75, 3.05) is 5.75 Å². The molecule has 0 atom stereocenters. The number of thioether (sulfide) groups is 1. The van der Waals surface area contributed by atoms with Gasteiger partial charge in [0.25, 0.3) is 0 Å². The number of nitrogens with zero attached hydrogens (tertiary/aromatic N) is 2. The maximum Gasteiger partial charge on any atom is 0.169 e. The van der Waals surface area contributed by atoms with Gasteiger partial charge in [0.05, 0.1) is 17.6 Å². The molecule has 2 aromatic rings. The molecule has 0 bridgehead atoms. The van der Waals surface area contributed by atoms with Crippen LogP contribution >= 0.6 is 11.8 Å². The second-order valence-electron chi connectivity index (χ2n) is 3.38. The van der Waals surface area contributed by atoms with Crippen LogP contribution in [0.5, 0.6) is 0 Å². The standard InChI is InChI=1S/C10H10N2OS/c13-6-7-1-2-9-8(5-7)11-10-12(9)3-4-14-10/h1-2,5,13H,3-4,6H2. The summed E-state index contributed by atoms with van der Waals surface area (Å²) in [5.41, 5.74) is 3.11. The average molecular weight is 206 g/mol. The van der Waals surface area contributed by atoms with E-state index in [9.17, 15) is 0 Å². The number of fused-ring (bicyclic) bond motifs is 3. The Labute approximate surface area is 85.8 Å². The molecule has 72 valence electrons. The third kappa shape index (κ3) is 1.07. The zero-order chi connectivity index (χ0) is 9.54. The Morgan fingerprint density at radius 1 is 1.50 bits per heavy atom. The van der Waals surface area contributed by atoms with Crippen LogP contribution in [0.1, 0.15) is 5.56 Å². The second kappa shape index (κ2) is 3.00. The van der Waals surface area contributed by atoms with Gasteiger partial charge in [-0.2, -0.15) is 0 Å². The monoisotopic (exact) mass is 206 g/mol. The van der Waals surface area contributed by atoms with Crippen molar-refractivity contribution in [3.63, 3.8) is 0 Å². The molecule has 0 spiro atoms. The van der Waals surface area contributed by atoms with Crippen molar-refractivity contribution >= 4 is 22.8 Å². The third-order valence-electron chi connectivity index (χ3n) is 2.51. The average Bonchev–Trinajstić information content (AvgIpc) is 2.75. The van der Waals surface area contributed by atoms with Gasteiger partial charge in [0.2, 0.25) is 0 Å². The quantitative estimate of drug-likeness (QED) is 0.770. The molecular weight excluding hydrogens is 196 g/mol. The van der Waals surface area contributed by atoms with Crippen molar-refractivity contribution < 1.29 is 5.11 Å². The number of imidazole rings is 1. The first-order chi connectivity index (χ1) is 6.88. The minimum Gasteiger partial charge on any atom is -0.392 e. The Morgan fingerprint density at radius 2 is 2.43 bits per heavy atom. The van der Waals surface area contributed by atoms with Crippen molar-refractivity contribution in [1.29, 1.82) is 0 Å². The van der Waals surface area contributed by atoms with Gasteiger partial charge in [0.15, 0.2) is 5.16 Å². The lowest BCUT2D eigenvalue weighted by Crippen LogP contribution is -1.92. The smallest absolute Gasteiger partial charge is 0.169 e. The van der Waals surface area contributed by atoms with E-state index in [2.05, 4.69) is 9.55 Å². The molecule has 2 heterocycles. The van der Waals surface area contributed by atoms with Gasteiger partial charge >= 0.3 is 0 Å². The predicted molar refractivity (Wildman–Crippen MR) is 56.4 cm³/mol. The van der Waals surface area contributed by atoms with Crippen LogP contribution in [0.15, 0.2) is 23.4 Å². The van der Waals surface area contributed by atoms with Crippen LogP contribution in [0.25, 0.3) is 11.0 Å². The lowest BCUT2D eigenvalue weighted by atomic mass is 10.2. The molecule has 1 N–H and O–H groups in total. The molecule has 0 saturated heterocycles. The Kier molecular flexibility index (Phi) is 1.78. The lowest BCUT2D eigenvalue weighted by Gasteiger charge is -1.98. The summed E-state index contributed by atoms with van der Waals surface area (Å²) in [4.78, 5) is 4.52. The zero-order valence-electron chi connectivity index (χ0n) is 7.60. The third-order valence-corrected chi connectivity index (χ3v) is 3.46. The summed E-state index contributed by atoms with van der Waals surface area (Å²) in [5, 5.41) is 10.1. The fourth-order valence-corrected chi connectivity index (χ4v) is 2.77. The normalized spacial score (nSPS) is 14.9. The Morgan fingerprint density at radius 3 is 3.29 bits per heavy atom. The van der Waals surface area contributed by atoms with E-state index >= 15 is 0 Å². The number of hydrogen-bond acceptors (Lipinski definition) is 3. The molecule has 1 aliphatic rings. The van der Waals surface area contributed by atoms with Gasteiger partial charge in [0.1, 0.15) is 0 Å². The minimum atomic E-state index is 0.0886. The number of hydrogen-bond donors (Lipinski definition) is 1. The molecule has 1 aromatic heterocycles. The highest BCUT2D eigenvalue weighted by Gasteiger charge is 2.16. The fourth-order valence-electron chi connectivity index (χ4n) is 1.81. The van der Waals surface area contributed by atoms with E-state index in [0.717, 1.165) is 28.5 Å². The van der Waals surface area contributed by atoms with Gasteiger partial charge in [-0.15, -0.1) is 0 Å². The number of benzene rings is 1. The molecule has 0 radical (unpaired) electrons. The van der Waals surface area contributed by atoms with E-state index in [1.54, 1.807) is 11.8 Å². The van der Waals surface area contributed by atoms with Gasteiger partial charge in [-0.25, -0.2) is 4.98 Å². The number of aromatic nitrogens is 2. The van der Waals surface area contributed by atoms with Crippen LogP contribution in [0.2, 0.25) is 0 Å². The molecule has 4 heteroatoms. The number of aliphatic hydroxyl groups excluding tert-OH is 1. The summed E-state index contributed by atoms with van der Waals surface area (Å²) in [6, 6.07) is 5.96. The molecule has 1 aromatic carbocycles. The minimum absolute atomic E-state index is 0.0886. The molecular formula is C10H10N2OS. The van der Waals surface area contributed by atoms with Gasteiger partial charge in [-0.05, 0) is 17.7 Å². The molecule has 1 aliphatic heterocycles. The van der Waals surface area contributed by atoms with Gasteiger partial charge < -0.3 is 9.67 Å². The Bertz CT molecular complexity index is 492. The number of aryl methyl sites for hydroxylation is 1. The van der Waals surface area contributed by atoms with E-state index in [0.29, 0.717) is 0 Å². The van der Waals surface area contributed by atoms with E-state index in [1.807, 2.05) is 18.2 Å². The topological polar surface area (TPSA) is 38.1 Å². The van der Waals surface area contributed by atoms with Crippen molar-refractivity contribution in [1.82, 2.24) is 9.55 Å². The molecule has 3 rings (SSSR count). The van der Waals surface area contributed by atoms with Gasteiger partial charge in [-0.1, -0.05) is 17.8 Å². The highest BCUT2D eigenvalue weighted by molar-refractivity contribution is 7.99.